The second kappa shape index (κ2) is 11.3. The molecule has 0 spiro atoms. The summed E-state index contributed by atoms with van der Waals surface area (Å²) in [5.41, 5.74) is 4.96. The molecule has 1 rings (SSSR count). The van der Waals surface area contributed by atoms with Crippen molar-refractivity contribution < 1.29 is 83.4 Å². The van der Waals surface area contributed by atoms with E-state index < -0.39 is 64.5 Å². The number of hydrogen-bond donors (Lipinski definition) is 7. The van der Waals surface area contributed by atoms with Crippen LogP contribution < -0.4 is 5.73 Å². The molecule has 8 N–H and O–H groups in total. The molecule has 0 aromatic carbocycles. The quantitative estimate of drug-likeness (QED) is 0.134. The topological polar surface area (TPSA) is 297 Å². The van der Waals surface area contributed by atoms with Crippen molar-refractivity contribution >= 4 is 39.1 Å². The molecule has 0 aromatic rings. The highest BCUT2D eigenvalue weighted by atomic mass is 31.3. The molecule has 7 atom stereocenters. The van der Waals surface area contributed by atoms with Gasteiger partial charge in [-0.15, -0.1) is 0 Å². The summed E-state index contributed by atoms with van der Waals surface area (Å²) in [6.07, 6.45) is -1.97. The minimum Gasteiger partial charge on any atom is -0.390 e. The maximum absolute atomic E-state index is 11.7. The summed E-state index contributed by atoms with van der Waals surface area (Å²) in [6, 6.07) is 0. The lowest BCUT2D eigenvalue weighted by atomic mass is 10.2. The fraction of sp³-hybridized carbons (Fsp3) is 1.00. The molecule has 19 nitrogen and oxygen atoms in total. The van der Waals surface area contributed by atoms with Gasteiger partial charge in [0.2, 0.25) is 0 Å². The number of aliphatic hydroxyl groups excluding tert-OH is 1. The molecule has 24 heteroatoms. The average Bonchev–Trinajstić information content (AvgIpc) is 2.91. The zero-order chi connectivity index (χ0) is 24.1. The number of aliphatic hydroxyl groups is 1. The highest BCUT2D eigenvalue weighted by molar-refractivity contribution is 7.71. The van der Waals surface area contributed by atoms with Gasteiger partial charge in [-0.2, -0.15) is 17.2 Å². The SMILES string of the molecule is NCCOP(=O)(O)OP(=O)(O)OP(=O)(O)OP(=O)(O)OP(=O)(O)OC[C@H]1OCCC1O. The maximum atomic E-state index is 11.7. The van der Waals surface area contributed by atoms with Crippen molar-refractivity contribution in [2.45, 2.75) is 18.6 Å². The second-order valence-corrected chi connectivity index (χ2v) is 13.2. The van der Waals surface area contributed by atoms with Crippen molar-refractivity contribution in [3.63, 3.8) is 0 Å². The fourth-order valence-corrected chi connectivity index (χ4v) is 8.13. The van der Waals surface area contributed by atoms with Crippen molar-refractivity contribution in [2.24, 2.45) is 5.73 Å². The monoisotopic (exact) mass is 561 g/mol. The second-order valence-electron chi connectivity index (χ2n) is 5.35. The van der Waals surface area contributed by atoms with E-state index in [2.05, 4.69) is 26.3 Å². The first-order valence-electron chi connectivity index (χ1n) is 7.66. The Morgan fingerprint density at radius 2 is 1.19 bits per heavy atom. The standard InChI is InChI=1S/C7H20NO18P5/c8-2-4-21-27(10,11)23-29(14,15)25-31(18,19)26-30(16,17)24-28(12,13)22-5-7-6(9)1-3-20-7/h6-7,9H,1-5,8H2,(H,10,11)(H,12,13)(H,14,15)(H,16,17)(H,18,19)/t6?,7-/m1/s1. The van der Waals surface area contributed by atoms with Crippen LogP contribution in [0.3, 0.4) is 0 Å². The van der Waals surface area contributed by atoms with Crippen LogP contribution in [0.15, 0.2) is 0 Å². The summed E-state index contributed by atoms with van der Waals surface area (Å²) in [4.78, 5) is 46.3. The molecule has 1 aliphatic heterocycles. The summed E-state index contributed by atoms with van der Waals surface area (Å²) in [6.45, 7) is -1.67. The fourth-order valence-electron chi connectivity index (χ4n) is 1.75. The molecule has 1 heterocycles. The lowest BCUT2D eigenvalue weighted by molar-refractivity contribution is 0.00364. The Hall–Kier alpha value is 0.590. The van der Waals surface area contributed by atoms with Gasteiger partial charge in [0.25, 0.3) is 0 Å². The van der Waals surface area contributed by atoms with Gasteiger partial charge in [-0.05, 0) is 6.42 Å². The molecule has 0 saturated carbocycles. The molecule has 1 saturated heterocycles. The molecule has 0 amide bonds. The summed E-state index contributed by atoms with van der Waals surface area (Å²) < 4.78 is 85.5. The third-order valence-corrected chi connectivity index (χ3v) is 10.4. The highest BCUT2D eigenvalue weighted by Gasteiger charge is 2.48. The van der Waals surface area contributed by atoms with E-state index in [1.54, 1.807) is 0 Å². The number of rotatable bonds is 14. The highest BCUT2D eigenvalue weighted by Crippen LogP contribution is 2.73. The molecule has 0 aliphatic carbocycles. The molecule has 0 radical (unpaired) electrons. The Balaban J connectivity index is 2.71. The van der Waals surface area contributed by atoms with Gasteiger partial charge in [-0.1, -0.05) is 0 Å². The summed E-state index contributed by atoms with van der Waals surface area (Å²) in [7, 11) is -28.9. The van der Waals surface area contributed by atoms with E-state index in [1.807, 2.05) is 0 Å². The van der Waals surface area contributed by atoms with Gasteiger partial charge in [-0.3, -0.25) is 9.05 Å². The lowest BCUT2D eigenvalue weighted by Gasteiger charge is -2.21. The smallest absolute Gasteiger partial charge is 0.390 e. The van der Waals surface area contributed by atoms with E-state index in [1.165, 1.54) is 0 Å². The Labute approximate surface area is 174 Å². The summed E-state index contributed by atoms with van der Waals surface area (Å²) >= 11 is 0. The minimum absolute atomic E-state index is 0.0970. The van der Waals surface area contributed by atoms with Crippen LogP contribution in [0.1, 0.15) is 6.42 Å². The van der Waals surface area contributed by atoms with Gasteiger partial charge in [0, 0.05) is 13.2 Å². The van der Waals surface area contributed by atoms with Crippen molar-refractivity contribution in [2.75, 3.05) is 26.4 Å². The molecule has 0 aromatic heterocycles. The lowest BCUT2D eigenvalue weighted by Crippen LogP contribution is -2.25. The van der Waals surface area contributed by atoms with Crippen LogP contribution in [0.2, 0.25) is 0 Å². The summed E-state index contributed by atoms with van der Waals surface area (Å²) in [5, 5.41) is 9.46. The zero-order valence-electron chi connectivity index (χ0n) is 15.1. The van der Waals surface area contributed by atoms with Crippen LogP contribution in [-0.4, -0.2) is 68.1 Å². The van der Waals surface area contributed by atoms with E-state index in [0.717, 1.165) is 0 Å². The molecule has 31 heavy (non-hydrogen) atoms. The Morgan fingerprint density at radius 1 is 0.774 bits per heavy atom. The summed E-state index contributed by atoms with van der Waals surface area (Å²) in [5.74, 6) is 0. The van der Waals surface area contributed by atoms with Crippen LogP contribution in [0.4, 0.5) is 0 Å². The molecule has 186 valence electrons. The van der Waals surface area contributed by atoms with Gasteiger partial charge >= 0.3 is 39.1 Å². The predicted molar refractivity (Wildman–Crippen MR) is 94.8 cm³/mol. The largest absolute Gasteiger partial charge is 0.490 e. The van der Waals surface area contributed by atoms with Gasteiger partial charge < -0.3 is 40.0 Å². The van der Waals surface area contributed by atoms with Crippen molar-refractivity contribution in [3.05, 3.63) is 0 Å². The number of phosphoric acid groups is 5. The number of ether oxygens (including phenoxy) is 1. The maximum Gasteiger partial charge on any atom is 0.490 e. The van der Waals surface area contributed by atoms with Gasteiger partial charge in [-0.25, -0.2) is 22.8 Å². The van der Waals surface area contributed by atoms with Crippen molar-refractivity contribution in [1.29, 1.82) is 0 Å². The number of phosphoric ester groups is 2. The molecular formula is C7H20NO18P5. The van der Waals surface area contributed by atoms with Crippen LogP contribution >= 0.6 is 39.1 Å². The van der Waals surface area contributed by atoms with Crippen molar-refractivity contribution in [3.8, 4) is 0 Å². The normalized spacial score (nSPS) is 29.3. The van der Waals surface area contributed by atoms with Gasteiger partial charge in [0.15, 0.2) is 0 Å². The van der Waals surface area contributed by atoms with Gasteiger partial charge in [0.1, 0.15) is 6.10 Å². The Kier molecular flexibility index (Phi) is 10.8. The third kappa shape index (κ3) is 12.0. The Bertz CT molecular complexity index is 845. The van der Waals surface area contributed by atoms with Gasteiger partial charge in [0.05, 0.1) is 19.3 Å². The van der Waals surface area contributed by atoms with E-state index in [9.17, 15) is 47.5 Å². The first-order chi connectivity index (χ1) is 13.9. The van der Waals surface area contributed by atoms with E-state index in [-0.39, 0.29) is 19.6 Å². The van der Waals surface area contributed by atoms with E-state index in [4.69, 9.17) is 15.4 Å². The first kappa shape index (κ1) is 29.6. The minimum atomic E-state index is -6.12. The molecule has 0 bridgehead atoms. The molecular weight excluding hydrogens is 541 g/mol. The predicted octanol–water partition coefficient (Wildman–Crippen LogP) is -0.304. The Morgan fingerprint density at radius 3 is 1.58 bits per heavy atom. The van der Waals surface area contributed by atoms with Crippen LogP contribution in [-0.2, 0) is 53.9 Å². The van der Waals surface area contributed by atoms with E-state index in [0.29, 0.717) is 0 Å². The van der Waals surface area contributed by atoms with Crippen molar-refractivity contribution in [1.82, 2.24) is 0 Å². The third-order valence-electron chi connectivity index (χ3n) is 2.77. The molecule has 1 aliphatic rings. The van der Waals surface area contributed by atoms with Crippen LogP contribution in [0, 0.1) is 0 Å². The zero-order valence-corrected chi connectivity index (χ0v) is 19.6. The first-order valence-corrected chi connectivity index (χ1v) is 15.1. The van der Waals surface area contributed by atoms with E-state index >= 15 is 0 Å². The van der Waals surface area contributed by atoms with Crippen LogP contribution in [0.25, 0.3) is 0 Å². The van der Waals surface area contributed by atoms with Crippen LogP contribution in [0.5, 0.6) is 0 Å². The average molecular weight is 561 g/mol. The number of nitrogens with two attached hydrogens (primary N) is 1. The molecule has 6 unspecified atom stereocenters. The molecule has 1 fully saturated rings. The number of hydrogen-bond acceptors (Lipinski definition) is 14.